The number of rotatable bonds is 5. The van der Waals surface area contributed by atoms with E-state index >= 15 is 0 Å². The Morgan fingerprint density at radius 1 is 1.06 bits per heavy atom. The Bertz CT molecular complexity index is 1330. The maximum Gasteiger partial charge on any atom is 0.271 e. The van der Waals surface area contributed by atoms with Crippen molar-refractivity contribution in [2.45, 2.75) is 0 Å². The number of nitrogen functional groups attached to an aromatic ring is 1. The van der Waals surface area contributed by atoms with Crippen LogP contribution in [0.1, 0.15) is 0 Å². The molecule has 31 heavy (non-hydrogen) atoms. The van der Waals surface area contributed by atoms with Crippen LogP contribution in [0, 0.1) is 0 Å². The lowest BCUT2D eigenvalue weighted by atomic mass is 10.1. The zero-order valence-corrected chi connectivity index (χ0v) is 17.8. The fraction of sp³-hybridized carbons (Fsp3) is 0.143. The second-order valence-corrected chi connectivity index (χ2v) is 7.07. The van der Waals surface area contributed by atoms with Gasteiger partial charge < -0.3 is 15.2 Å². The average Bonchev–Trinajstić information content (AvgIpc) is 3.21. The van der Waals surface area contributed by atoms with E-state index in [1.165, 1.54) is 25.0 Å². The number of pyridine rings is 1. The first kappa shape index (κ1) is 20.4. The molecule has 0 saturated carbocycles. The molecular formula is C21H19ClN6O3. The maximum atomic E-state index is 12.6. The van der Waals surface area contributed by atoms with Gasteiger partial charge in [0.25, 0.3) is 5.56 Å². The molecule has 3 heterocycles. The van der Waals surface area contributed by atoms with Gasteiger partial charge in [-0.1, -0.05) is 11.6 Å². The molecule has 0 radical (unpaired) electrons. The van der Waals surface area contributed by atoms with Crippen LogP contribution in [0.5, 0.6) is 11.5 Å². The highest BCUT2D eigenvalue weighted by Gasteiger charge is 2.16. The Morgan fingerprint density at radius 2 is 1.87 bits per heavy atom. The molecule has 3 aromatic heterocycles. The van der Waals surface area contributed by atoms with Crippen molar-refractivity contribution in [1.29, 1.82) is 0 Å². The van der Waals surface area contributed by atoms with Crippen molar-refractivity contribution in [3.8, 4) is 39.6 Å². The number of benzene rings is 1. The first-order valence-corrected chi connectivity index (χ1v) is 9.56. The smallest absolute Gasteiger partial charge is 0.271 e. The fourth-order valence-electron chi connectivity index (χ4n) is 3.12. The van der Waals surface area contributed by atoms with E-state index in [-0.39, 0.29) is 16.4 Å². The van der Waals surface area contributed by atoms with Crippen LogP contribution < -0.4 is 20.8 Å². The van der Waals surface area contributed by atoms with E-state index in [1.54, 1.807) is 35.3 Å². The van der Waals surface area contributed by atoms with Gasteiger partial charge in [0.2, 0.25) is 0 Å². The Labute approximate surface area is 182 Å². The van der Waals surface area contributed by atoms with Gasteiger partial charge in [-0.15, -0.1) is 0 Å². The van der Waals surface area contributed by atoms with Crippen LogP contribution in [-0.2, 0) is 7.05 Å². The highest BCUT2D eigenvalue weighted by Crippen LogP contribution is 2.35. The molecule has 0 bridgehead atoms. The number of hydrogen-bond acceptors (Lipinski definition) is 7. The number of ether oxygens (including phenoxy) is 2. The van der Waals surface area contributed by atoms with Gasteiger partial charge in [0, 0.05) is 54.3 Å². The van der Waals surface area contributed by atoms with E-state index in [2.05, 4.69) is 15.2 Å². The molecule has 0 aliphatic heterocycles. The summed E-state index contributed by atoms with van der Waals surface area (Å²) in [6, 6.07) is 8.06. The average molecular weight is 439 g/mol. The number of hydrogen-bond donors (Lipinski definition) is 1. The van der Waals surface area contributed by atoms with Crippen molar-refractivity contribution in [2.24, 2.45) is 7.05 Å². The standard InChI is InChI=1S/C21H19ClN6O3/c1-27-11-13(10-25-27)12-6-15(21(23)24-9-12)16-4-5-19(29)28(26-16)17-7-14(30-2)8-18(31-3)20(17)22/h4-11H,1-3H3,(H2,23,24). The first-order chi connectivity index (χ1) is 14.9. The molecule has 0 spiro atoms. The molecule has 158 valence electrons. The van der Waals surface area contributed by atoms with Crippen molar-refractivity contribution in [2.75, 3.05) is 20.0 Å². The minimum Gasteiger partial charge on any atom is -0.497 e. The van der Waals surface area contributed by atoms with E-state index in [4.69, 9.17) is 26.8 Å². The number of aryl methyl sites for hydroxylation is 1. The molecule has 2 N–H and O–H groups in total. The number of halogens is 1. The zero-order chi connectivity index (χ0) is 22.1. The molecular weight excluding hydrogens is 420 g/mol. The summed E-state index contributed by atoms with van der Waals surface area (Å²) in [5.74, 6) is 1.10. The molecule has 0 atom stereocenters. The van der Waals surface area contributed by atoms with E-state index in [9.17, 15) is 4.79 Å². The normalized spacial score (nSPS) is 10.8. The number of anilines is 1. The van der Waals surface area contributed by atoms with Crippen LogP contribution in [-0.4, -0.2) is 38.8 Å². The predicted molar refractivity (Wildman–Crippen MR) is 118 cm³/mol. The monoisotopic (exact) mass is 438 g/mol. The summed E-state index contributed by atoms with van der Waals surface area (Å²) in [6.07, 6.45) is 5.26. The van der Waals surface area contributed by atoms with Gasteiger partial charge in [0.1, 0.15) is 22.3 Å². The molecule has 1 aromatic carbocycles. The van der Waals surface area contributed by atoms with Gasteiger partial charge in [-0.3, -0.25) is 9.48 Å². The van der Waals surface area contributed by atoms with Gasteiger partial charge in [-0.05, 0) is 12.1 Å². The van der Waals surface area contributed by atoms with Crippen LogP contribution in [0.25, 0.3) is 28.1 Å². The summed E-state index contributed by atoms with van der Waals surface area (Å²) in [7, 11) is 4.82. The summed E-state index contributed by atoms with van der Waals surface area (Å²) in [5.41, 5.74) is 8.79. The minimum atomic E-state index is -0.379. The lowest BCUT2D eigenvalue weighted by Crippen LogP contribution is -2.21. The van der Waals surface area contributed by atoms with E-state index in [0.29, 0.717) is 28.4 Å². The highest BCUT2D eigenvalue weighted by atomic mass is 35.5. The third kappa shape index (κ3) is 3.82. The van der Waals surface area contributed by atoms with Gasteiger partial charge in [-0.2, -0.15) is 14.9 Å². The molecule has 0 amide bonds. The third-order valence-electron chi connectivity index (χ3n) is 4.71. The van der Waals surface area contributed by atoms with Crippen molar-refractivity contribution >= 4 is 17.4 Å². The molecule has 0 aliphatic rings. The van der Waals surface area contributed by atoms with Crippen LogP contribution in [0.4, 0.5) is 5.82 Å². The molecule has 4 aromatic rings. The van der Waals surface area contributed by atoms with Crippen LogP contribution in [0.2, 0.25) is 5.02 Å². The second-order valence-electron chi connectivity index (χ2n) is 6.69. The Kier molecular flexibility index (Phi) is 5.35. The molecule has 0 fully saturated rings. The quantitative estimate of drug-likeness (QED) is 0.510. The number of methoxy groups -OCH3 is 2. The minimum absolute atomic E-state index is 0.227. The van der Waals surface area contributed by atoms with Crippen molar-refractivity contribution in [1.82, 2.24) is 24.5 Å². The molecule has 9 nitrogen and oxygen atoms in total. The van der Waals surface area contributed by atoms with Crippen molar-refractivity contribution in [3.05, 3.63) is 64.3 Å². The Morgan fingerprint density at radius 3 is 2.55 bits per heavy atom. The van der Waals surface area contributed by atoms with E-state index in [1.807, 2.05) is 19.3 Å². The molecule has 0 aliphatic carbocycles. The van der Waals surface area contributed by atoms with Gasteiger partial charge in [-0.25, -0.2) is 4.98 Å². The largest absolute Gasteiger partial charge is 0.497 e. The van der Waals surface area contributed by atoms with Crippen LogP contribution in [0.15, 0.2) is 53.7 Å². The summed E-state index contributed by atoms with van der Waals surface area (Å²) in [4.78, 5) is 16.9. The maximum absolute atomic E-state index is 12.6. The molecule has 10 heteroatoms. The van der Waals surface area contributed by atoms with E-state index in [0.717, 1.165) is 11.1 Å². The van der Waals surface area contributed by atoms with Gasteiger partial charge in [0.05, 0.1) is 31.8 Å². The van der Waals surface area contributed by atoms with Gasteiger partial charge >= 0.3 is 0 Å². The van der Waals surface area contributed by atoms with E-state index < -0.39 is 0 Å². The summed E-state index contributed by atoms with van der Waals surface area (Å²) < 4.78 is 13.5. The fourth-order valence-corrected chi connectivity index (χ4v) is 3.38. The van der Waals surface area contributed by atoms with Gasteiger partial charge in [0.15, 0.2) is 0 Å². The molecule has 0 saturated heterocycles. The highest BCUT2D eigenvalue weighted by molar-refractivity contribution is 6.34. The molecule has 0 unspecified atom stereocenters. The number of nitrogens with two attached hydrogens (primary N) is 1. The number of aromatic nitrogens is 5. The summed E-state index contributed by atoms with van der Waals surface area (Å²) in [6.45, 7) is 0. The third-order valence-corrected chi connectivity index (χ3v) is 5.09. The molecule has 4 rings (SSSR count). The lowest BCUT2D eigenvalue weighted by Gasteiger charge is -2.14. The summed E-state index contributed by atoms with van der Waals surface area (Å²) in [5, 5.41) is 8.90. The first-order valence-electron chi connectivity index (χ1n) is 9.18. The predicted octanol–water partition coefficient (Wildman–Crippen LogP) is 2.95. The Balaban J connectivity index is 1.88. The van der Waals surface area contributed by atoms with Crippen molar-refractivity contribution < 1.29 is 9.47 Å². The van der Waals surface area contributed by atoms with Crippen LogP contribution >= 0.6 is 11.6 Å². The second kappa shape index (κ2) is 8.11. The zero-order valence-electron chi connectivity index (χ0n) is 17.0. The Hall–Kier alpha value is -3.85. The van der Waals surface area contributed by atoms with Crippen molar-refractivity contribution in [3.63, 3.8) is 0 Å². The summed E-state index contributed by atoms with van der Waals surface area (Å²) >= 11 is 6.45. The lowest BCUT2D eigenvalue weighted by molar-refractivity contribution is 0.394. The van der Waals surface area contributed by atoms with Crippen LogP contribution in [0.3, 0.4) is 0 Å². The SMILES string of the molecule is COc1cc(OC)c(Cl)c(-n2nc(-c3cc(-c4cnn(C)c4)cnc3N)ccc2=O)c1. The number of nitrogens with zero attached hydrogens (tertiary/aromatic N) is 5. The topological polar surface area (TPSA) is 110 Å².